The van der Waals surface area contributed by atoms with Gasteiger partial charge in [-0.2, -0.15) is 0 Å². The first-order valence-corrected chi connectivity index (χ1v) is 4.00. The monoisotopic (exact) mass is 177 g/mol. The zero-order valence-corrected chi connectivity index (χ0v) is 7.71. The van der Waals surface area contributed by atoms with Gasteiger partial charge in [0.2, 0.25) is 0 Å². The first kappa shape index (κ1) is 9.30. The van der Waals surface area contributed by atoms with Gasteiger partial charge in [0, 0.05) is 25.1 Å². The Labute approximate surface area is 73.8 Å². The molecule has 3 aliphatic rings. The zero-order valence-electron chi connectivity index (χ0n) is 6.89. The third kappa shape index (κ3) is 1.28. The van der Waals surface area contributed by atoms with Crippen LogP contribution in [-0.2, 0) is 0 Å². The summed E-state index contributed by atoms with van der Waals surface area (Å²) in [4.78, 5) is 0. The molecular weight excluding hydrogens is 162 g/mol. The molecule has 3 rings (SSSR count). The molecule has 0 spiro atoms. The Bertz CT molecular complexity index is 154. The minimum Gasteiger partial charge on any atom is -0.396 e. The fourth-order valence-corrected chi connectivity index (χ4v) is 2.81. The predicted octanol–water partition coefficient (Wildman–Crippen LogP) is 0.790. The van der Waals surface area contributed by atoms with E-state index in [1.807, 2.05) is 0 Å². The van der Waals surface area contributed by atoms with Crippen molar-refractivity contribution in [2.45, 2.75) is 19.8 Å². The molecule has 2 saturated heterocycles. The molecule has 3 fully saturated rings. The largest absolute Gasteiger partial charge is 0.396 e. The number of aliphatic hydroxyl groups excluding tert-OH is 1. The number of nitrogens with one attached hydrogen (secondary N) is 1. The van der Waals surface area contributed by atoms with Crippen LogP contribution in [0.5, 0.6) is 0 Å². The minimum atomic E-state index is 0. The van der Waals surface area contributed by atoms with Crippen LogP contribution in [0.1, 0.15) is 19.8 Å². The molecule has 0 aromatic carbocycles. The highest BCUT2D eigenvalue weighted by molar-refractivity contribution is 5.85. The number of aliphatic hydroxyl groups is 1. The van der Waals surface area contributed by atoms with Gasteiger partial charge in [-0.05, 0) is 18.3 Å². The second-order valence-corrected chi connectivity index (χ2v) is 4.43. The van der Waals surface area contributed by atoms with E-state index in [1.54, 1.807) is 0 Å². The maximum Gasteiger partial charge on any atom is 0.0500 e. The van der Waals surface area contributed by atoms with Crippen molar-refractivity contribution in [3.63, 3.8) is 0 Å². The van der Waals surface area contributed by atoms with Crippen molar-refractivity contribution in [3.05, 3.63) is 0 Å². The van der Waals surface area contributed by atoms with E-state index in [2.05, 4.69) is 12.2 Å². The Morgan fingerprint density at radius 1 is 1.36 bits per heavy atom. The van der Waals surface area contributed by atoms with Gasteiger partial charge >= 0.3 is 0 Å². The van der Waals surface area contributed by atoms with Crippen LogP contribution in [0.3, 0.4) is 0 Å². The van der Waals surface area contributed by atoms with Crippen LogP contribution in [0.15, 0.2) is 0 Å². The van der Waals surface area contributed by atoms with Crippen molar-refractivity contribution < 1.29 is 5.11 Å². The average Bonchev–Trinajstić information content (AvgIpc) is 1.86. The molecule has 0 amide bonds. The highest BCUT2D eigenvalue weighted by Crippen LogP contribution is 2.55. The van der Waals surface area contributed by atoms with Crippen LogP contribution < -0.4 is 5.32 Å². The molecule has 2 heterocycles. The van der Waals surface area contributed by atoms with Crippen LogP contribution in [0.25, 0.3) is 0 Å². The number of halogens is 1. The highest BCUT2D eigenvalue weighted by Gasteiger charge is 2.53. The van der Waals surface area contributed by atoms with E-state index in [4.69, 9.17) is 5.11 Å². The van der Waals surface area contributed by atoms with Crippen LogP contribution in [0.2, 0.25) is 0 Å². The number of hydrogen-bond acceptors (Lipinski definition) is 2. The summed E-state index contributed by atoms with van der Waals surface area (Å²) in [5.41, 5.74) is 0.786. The SMILES string of the molecule is CC12CNCC(CO)(C1)C2.Cl. The van der Waals surface area contributed by atoms with Crippen molar-refractivity contribution >= 4 is 12.4 Å². The lowest BCUT2D eigenvalue weighted by Crippen LogP contribution is -2.62. The molecule has 1 aliphatic carbocycles. The fraction of sp³-hybridized carbons (Fsp3) is 1.00. The topological polar surface area (TPSA) is 32.3 Å². The molecule has 0 radical (unpaired) electrons. The van der Waals surface area contributed by atoms with E-state index in [9.17, 15) is 0 Å². The Morgan fingerprint density at radius 3 is 2.36 bits per heavy atom. The minimum absolute atomic E-state index is 0. The molecular formula is C8H16ClNO. The van der Waals surface area contributed by atoms with E-state index in [0.717, 1.165) is 13.1 Å². The summed E-state index contributed by atoms with van der Waals surface area (Å²) < 4.78 is 0. The quantitative estimate of drug-likeness (QED) is 0.621. The van der Waals surface area contributed by atoms with Crippen molar-refractivity contribution in [2.75, 3.05) is 19.7 Å². The Balaban J connectivity index is 0.000000605. The highest BCUT2D eigenvalue weighted by atomic mass is 35.5. The third-order valence-corrected chi connectivity index (χ3v) is 2.99. The van der Waals surface area contributed by atoms with Crippen LogP contribution in [0.4, 0.5) is 0 Å². The van der Waals surface area contributed by atoms with Crippen molar-refractivity contribution in [1.29, 1.82) is 0 Å². The molecule has 1 saturated carbocycles. The second kappa shape index (κ2) is 2.61. The number of fused-ring (bicyclic) bond motifs is 2. The molecule has 0 atom stereocenters. The van der Waals surface area contributed by atoms with Crippen LogP contribution in [-0.4, -0.2) is 24.8 Å². The third-order valence-electron chi connectivity index (χ3n) is 2.99. The molecule has 0 aromatic heterocycles. The van der Waals surface area contributed by atoms with Gasteiger partial charge in [-0.1, -0.05) is 6.92 Å². The number of hydrogen-bond donors (Lipinski definition) is 2. The lowest BCUT2D eigenvalue weighted by Gasteiger charge is -2.59. The maximum atomic E-state index is 9.06. The first-order valence-electron chi connectivity index (χ1n) is 4.00. The molecule has 2 aliphatic heterocycles. The summed E-state index contributed by atoms with van der Waals surface area (Å²) in [7, 11) is 0. The molecule has 66 valence electrons. The summed E-state index contributed by atoms with van der Waals surface area (Å²) in [6.45, 7) is 4.84. The Kier molecular flexibility index (Phi) is 2.21. The molecule has 0 aromatic rings. The molecule has 11 heavy (non-hydrogen) atoms. The van der Waals surface area contributed by atoms with E-state index in [-0.39, 0.29) is 17.8 Å². The van der Waals surface area contributed by atoms with E-state index in [1.165, 1.54) is 12.8 Å². The maximum absolute atomic E-state index is 9.06. The summed E-state index contributed by atoms with van der Waals surface area (Å²) in [5, 5.41) is 12.4. The van der Waals surface area contributed by atoms with Gasteiger partial charge in [-0.25, -0.2) is 0 Å². The Morgan fingerprint density at radius 2 is 2.00 bits per heavy atom. The van der Waals surface area contributed by atoms with Gasteiger partial charge in [0.25, 0.3) is 0 Å². The first-order chi connectivity index (χ1) is 4.68. The fourth-order valence-electron chi connectivity index (χ4n) is 2.81. The van der Waals surface area contributed by atoms with Gasteiger partial charge < -0.3 is 10.4 Å². The van der Waals surface area contributed by atoms with E-state index < -0.39 is 0 Å². The molecule has 0 unspecified atom stereocenters. The van der Waals surface area contributed by atoms with Gasteiger partial charge in [0.15, 0.2) is 0 Å². The number of piperidine rings is 2. The predicted molar refractivity (Wildman–Crippen MR) is 47.0 cm³/mol. The van der Waals surface area contributed by atoms with Crippen LogP contribution in [0, 0.1) is 10.8 Å². The summed E-state index contributed by atoms with van der Waals surface area (Å²) in [6, 6.07) is 0. The lowest BCUT2D eigenvalue weighted by atomic mass is 9.51. The number of rotatable bonds is 1. The smallest absolute Gasteiger partial charge is 0.0500 e. The molecule has 3 heteroatoms. The van der Waals surface area contributed by atoms with Crippen molar-refractivity contribution in [1.82, 2.24) is 5.32 Å². The van der Waals surface area contributed by atoms with Gasteiger partial charge in [0.05, 0.1) is 0 Å². The standard InChI is InChI=1S/C8H15NO.ClH/c1-7-2-8(3-7,6-10)5-9-4-7;/h9-10H,2-6H2,1H3;1H. The van der Waals surface area contributed by atoms with E-state index >= 15 is 0 Å². The van der Waals surface area contributed by atoms with Crippen molar-refractivity contribution in [3.8, 4) is 0 Å². The molecule has 2 N–H and O–H groups in total. The zero-order chi connectivity index (χ0) is 7.24. The van der Waals surface area contributed by atoms with Gasteiger partial charge in [0.1, 0.15) is 0 Å². The normalized spacial score (nSPS) is 47.5. The second-order valence-electron chi connectivity index (χ2n) is 4.43. The van der Waals surface area contributed by atoms with Crippen molar-refractivity contribution in [2.24, 2.45) is 10.8 Å². The van der Waals surface area contributed by atoms with Gasteiger partial charge in [-0.3, -0.25) is 0 Å². The summed E-state index contributed by atoms with van der Waals surface area (Å²) in [5.74, 6) is 0. The summed E-state index contributed by atoms with van der Waals surface area (Å²) in [6.07, 6.45) is 2.45. The summed E-state index contributed by atoms with van der Waals surface area (Å²) >= 11 is 0. The molecule has 2 nitrogen and oxygen atoms in total. The van der Waals surface area contributed by atoms with Gasteiger partial charge in [-0.15, -0.1) is 12.4 Å². The van der Waals surface area contributed by atoms with E-state index in [0.29, 0.717) is 12.0 Å². The average molecular weight is 178 g/mol. The lowest BCUT2D eigenvalue weighted by molar-refractivity contribution is -0.0943. The molecule has 2 bridgehead atoms. The van der Waals surface area contributed by atoms with Crippen LogP contribution >= 0.6 is 12.4 Å². The Hall–Kier alpha value is 0.210.